The summed E-state index contributed by atoms with van der Waals surface area (Å²) in [4.78, 5) is 37.1. The quantitative estimate of drug-likeness (QED) is 0.553. The first kappa shape index (κ1) is 22.1. The van der Waals surface area contributed by atoms with E-state index >= 15 is 0 Å². The molecular weight excluding hydrogens is 376 g/mol. The average molecular weight is 402 g/mol. The van der Waals surface area contributed by atoms with E-state index in [2.05, 4.69) is 29.2 Å². The van der Waals surface area contributed by atoms with Gasteiger partial charge in [-0.1, -0.05) is 13.8 Å². The van der Waals surface area contributed by atoms with Gasteiger partial charge in [-0.2, -0.15) is 5.10 Å². The van der Waals surface area contributed by atoms with Crippen LogP contribution in [0, 0.1) is 0 Å². The van der Waals surface area contributed by atoms with Crippen molar-refractivity contribution in [2.45, 2.75) is 26.8 Å². The van der Waals surface area contributed by atoms with E-state index < -0.39 is 17.8 Å². The number of carbonyl (C=O) groups excluding carboxylic acids is 2. The third-order valence-electron chi connectivity index (χ3n) is 4.34. The number of carbonyl (C=O) groups is 3. The second kappa shape index (κ2) is 11.0. The number of aliphatic carboxylic acids is 1. The lowest BCUT2D eigenvalue weighted by Gasteiger charge is -2.17. The van der Waals surface area contributed by atoms with E-state index in [1.54, 1.807) is 30.5 Å². The van der Waals surface area contributed by atoms with Gasteiger partial charge < -0.3 is 20.1 Å². The number of rotatable bonds is 11. The van der Waals surface area contributed by atoms with Crippen molar-refractivity contribution in [2.75, 3.05) is 31.6 Å². The lowest BCUT2D eigenvalue weighted by Crippen LogP contribution is -2.27. The summed E-state index contributed by atoms with van der Waals surface area (Å²) in [6.45, 7) is 7.11. The lowest BCUT2D eigenvalue weighted by atomic mass is 10.2. The Morgan fingerprint density at radius 1 is 1.14 bits per heavy atom. The number of anilines is 1. The molecule has 9 heteroatoms. The van der Waals surface area contributed by atoms with Crippen molar-refractivity contribution in [1.29, 1.82) is 0 Å². The Hall–Kier alpha value is -3.20. The summed E-state index contributed by atoms with van der Waals surface area (Å²) >= 11 is 0. The molecule has 0 saturated heterocycles. The van der Waals surface area contributed by atoms with Gasteiger partial charge in [0.05, 0.1) is 18.5 Å². The number of benzene rings is 1. The van der Waals surface area contributed by atoms with Crippen LogP contribution in [0.2, 0.25) is 0 Å². The first-order valence-electron chi connectivity index (χ1n) is 9.49. The third-order valence-corrected chi connectivity index (χ3v) is 4.34. The maximum Gasteiger partial charge on any atom is 0.338 e. The number of hydrogen-bond acceptors (Lipinski definition) is 6. The Morgan fingerprint density at radius 2 is 1.83 bits per heavy atom. The fourth-order valence-corrected chi connectivity index (χ4v) is 2.59. The van der Waals surface area contributed by atoms with Crippen LogP contribution < -0.4 is 5.32 Å². The van der Waals surface area contributed by atoms with Gasteiger partial charge in [0.1, 0.15) is 6.61 Å². The summed E-state index contributed by atoms with van der Waals surface area (Å²) in [7, 11) is 0. The smallest absolute Gasteiger partial charge is 0.338 e. The minimum atomic E-state index is -0.932. The molecule has 1 amide bonds. The summed E-state index contributed by atoms with van der Waals surface area (Å²) in [5.74, 6) is -1.76. The van der Waals surface area contributed by atoms with Crippen LogP contribution in [-0.2, 0) is 16.1 Å². The van der Waals surface area contributed by atoms with Crippen molar-refractivity contribution in [2.24, 2.45) is 0 Å². The monoisotopic (exact) mass is 402 g/mol. The molecule has 1 aromatic heterocycles. The van der Waals surface area contributed by atoms with Crippen molar-refractivity contribution in [3.8, 4) is 0 Å². The fraction of sp³-hybridized carbons (Fsp3) is 0.400. The van der Waals surface area contributed by atoms with E-state index in [9.17, 15) is 14.4 Å². The molecule has 9 nitrogen and oxygen atoms in total. The molecule has 0 spiro atoms. The highest BCUT2D eigenvalue weighted by atomic mass is 16.5. The molecule has 2 N–H and O–H groups in total. The van der Waals surface area contributed by atoms with Crippen LogP contribution in [0.3, 0.4) is 0 Å². The van der Waals surface area contributed by atoms with Crippen LogP contribution in [0.4, 0.5) is 5.69 Å². The minimum Gasteiger partial charge on any atom is -0.481 e. The number of nitrogens with one attached hydrogen (secondary N) is 1. The number of carboxylic acids is 1. The number of carboxylic acid groups (broad SMARTS) is 1. The summed E-state index contributed by atoms with van der Waals surface area (Å²) in [5, 5.41) is 15.4. The molecule has 0 unspecified atom stereocenters. The second-order valence-electron chi connectivity index (χ2n) is 6.30. The molecule has 0 bridgehead atoms. The molecule has 2 rings (SSSR count). The lowest BCUT2D eigenvalue weighted by molar-refractivity contribution is -0.137. The summed E-state index contributed by atoms with van der Waals surface area (Å²) in [5.41, 5.74) is 1.09. The first-order chi connectivity index (χ1) is 13.9. The van der Waals surface area contributed by atoms with Gasteiger partial charge in [0.2, 0.25) is 0 Å². The van der Waals surface area contributed by atoms with Crippen LogP contribution in [0.1, 0.15) is 41.1 Å². The predicted octanol–water partition coefficient (Wildman–Crippen LogP) is 2.11. The molecule has 0 atom stereocenters. The van der Waals surface area contributed by atoms with Crippen molar-refractivity contribution >= 4 is 23.5 Å². The van der Waals surface area contributed by atoms with E-state index in [0.29, 0.717) is 24.4 Å². The van der Waals surface area contributed by atoms with Gasteiger partial charge >= 0.3 is 11.9 Å². The maximum atomic E-state index is 12.2. The Labute approximate surface area is 169 Å². The van der Waals surface area contributed by atoms with Crippen molar-refractivity contribution < 1.29 is 24.2 Å². The Kier molecular flexibility index (Phi) is 8.35. The second-order valence-corrected chi connectivity index (χ2v) is 6.30. The standard InChI is InChI=1S/C20H26N4O5/c1-3-23(4-2)13-14-29-20(28)15-5-7-16(8-6-15)21-19(27)17-9-11-24(22-17)12-10-18(25)26/h5-9,11H,3-4,10,12-14H2,1-2H3,(H,21,27)(H,25,26). The van der Waals surface area contributed by atoms with Crippen molar-refractivity contribution in [3.63, 3.8) is 0 Å². The van der Waals surface area contributed by atoms with Crippen molar-refractivity contribution in [1.82, 2.24) is 14.7 Å². The van der Waals surface area contributed by atoms with Gasteiger partial charge in [-0.25, -0.2) is 4.79 Å². The molecular formula is C20H26N4O5. The van der Waals surface area contributed by atoms with Gasteiger partial charge in [-0.15, -0.1) is 0 Å². The molecule has 29 heavy (non-hydrogen) atoms. The van der Waals surface area contributed by atoms with E-state index in [-0.39, 0.29) is 18.7 Å². The minimum absolute atomic E-state index is 0.0742. The first-order valence-corrected chi connectivity index (χ1v) is 9.49. The molecule has 0 aliphatic carbocycles. The summed E-state index contributed by atoms with van der Waals surface area (Å²) in [6, 6.07) is 7.90. The van der Waals surface area contributed by atoms with Crippen LogP contribution in [0.5, 0.6) is 0 Å². The summed E-state index contributed by atoms with van der Waals surface area (Å²) in [6.07, 6.45) is 1.48. The summed E-state index contributed by atoms with van der Waals surface area (Å²) < 4.78 is 6.68. The van der Waals surface area contributed by atoms with Crippen LogP contribution >= 0.6 is 0 Å². The van der Waals surface area contributed by atoms with E-state index in [1.807, 2.05) is 0 Å². The van der Waals surface area contributed by atoms with Crippen LogP contribution in [0.25, 0.3) is 0 Å². The normalized spacial score (nSPS) is 10.7. The van der Waals surface area contributed by atoms with E-state index in [0.717, 1.165) is 13.1 Å². The molecule has 1 heterocycles. The number of hydrogen-bond donors (Lipinski definition) is 2. The molecule has 0 radical (unpaired) electrons. The zero-order valence-corrected chi connectivity index (χ0v) is 16.6. The fourth-order valence-electron chi connectivity index (χ4n) is 2.59. The highest BCUT2D eigenvalue weighted by molar-refractivity contribution is 6.03. The van der Waals surface area contributed by atoms with Gasteiger partial charge in [0, 0.05) is 18.4 Å². The Balaban J connectivity index is 1.85. The highest BCUT2D eigenvalue weighted by Gasteiger charge is 2.12. The van der Waals surface area contributed by atoms with Crippen LogP contribution in [0.15, 0.2) is 36.5 Å². The van der Waals surface area contributed by atoms with E-state index in [1.165, 1.54) is 10.7 Å². The molecule has 0 aliphatic rings. The molecule has 2 aromatic rings. The van der Waals surface area contributed by atoms with Crippen molar-refractivity contribution in [3.05, 3.63) is 47.8 Å². The molecule has 0 aliphatic heterocycles. The zero-order valence-electron chi connectivity index (χ0n) is 16.6. The zero-order chi connectivity index (χ0) is 21.2. The molecule has 0 fully saturated rings. The maximum absolute atomic E-state index is 12.2. The molecule has 0 saturated carbocycles. The number of likely N-dealkylation sites (N-methyl/N-ethyl adjacent to an activating group) is 1. The highest BCUT2D eigenvalue weighted by Crippen LogP contribution is 2.12. The van der Waals surface area contributed by atoms with Gasteiger partial charge in [-0.3, -0.25) is 14.3 Å². The average Bonchev–Trinajstić information content (AvgIpc) is 3.19. The number of aryl methyl sites for hydroxylation is 1. The molecule has 1 aromatic carbocycles. The Bertz CT molecular complexity index is 828. The van der Waals surface area contributed by atoms with E-state index in [4.69, 9.17) is 9.84 Å². The van der Waals surface area contributed by atoms with Gasteiger partial charge in [0.15, 0.2) is 5.69 Å². The number of amides is 1. The van der Waals surface area contributed by atoms with Crippen LogP contribution in [-0.4, -0.2) is 63.9 Å². The number of esters is 1. The van der Waals surface area contributed by atoms with Gasteiger partial charge in [0.25, 0.3) is 5.91 Å². The third kappa shape index (κ3) is 7.04. The number of ether oxygens (including phenoxy) is 1. The Morgan fingerprint density at radius 3 is 2.45 bits per heavy atom. The molecule has 156 valence electrons. The van der Waals surface area contributed by atoms with Gasteiger partial charge in [-0.05, 0) is 43.4 Å². The predicted molar refractivity (Wildman–Crippen MR) is 107 cm³/mol. The number of aromatic nitrogens is 2. The SMILES string of the molecule is CCN(CC)CCOC(=O)c1ccc(NC(=O)c2ccn(CCC(=O)O)n2)cc1. The topological polar surface area (TPSA) is 114 Å². The largest absolute Gasteiger partial charge is 0.481 e. The number of nitrogens with zero attached hydrogens (tertiary/aromatic N) is 3.